The third-order valence-corrected chi connectivity index (χ3v) is 5.34. The van der Waals surface area contributed by atoms with Crippen molar-refractivity contribution in [2.24, 2.45) is 0 Å². The molecule has 0 amide bonds. The van der Waals surface area contributed by atoms with E-state index in [1.165, 1.54) is 22.6 Å². The van der Waals surface area contributed by atoms with Crippen molar-refractivity contribution in [1.82, 2.24) is 9.97 Å². The summed E-state index contributed by atoms with van der Waals surface area (Å²) in [4.78, 5) is 11.3. The van der Waals surface area contributed by atoms with E-state index in [1.54, 1.807) is 11.3 Å². The molecular formula is C17H15ClF3N3S. The largest absolute Gasteiger partial charge is 0.416 e. The molecule has 8 heteroatoms. The lowest BCUT2D eigenvalue weighted by Gasteiger charge is -2.11. The maximum absolute atomic E-state index is 12.7. The van der Waals surface area contributed by atoms with Crippen LogP contribution in [0.25, 0.3) is 10.2 Å². The Morgan fingerprint density at radius 2 is 1.80 bits per heavy atom. The fourth-order valence-corrected chi connectivity index (χ4v) is 4.38. The van der Waals surface area contributed by atoms with Gasteiger partial charge in [0.2, 0.25) is 0 Å². The van der Waals surface area contributed by atoms with Crippen LogP contribution in [0.3, 0.4) is 0 Å². The highest BCUT2D eigenvalue weighted by molar-refractivity contribution is 7.19. The maximum Gasteiger partial charge on any atom is 0.416 e. The smallest absolute Gasteiger partial charge is 0.340 e. The average Bonchev–Trinajstić information content (AvgIpc) is 3.06. The molecule has 25 heavy (non-hydrogen) atoms. The zero-order chi connectivity index (χ0) is 16.9. The topological polar surface area (TPSA) is 37.8 Å². The predicted octanol–water partition coefficient (Wildman–Crippen LogP) is 5.67. The van der Waals surface area contributed by atoms with Crippen LogP contribution in [0.5, 0.6) is 0 Å². The molecule has 1 aliphatic rings. The van der Waals surface area contributed by atoms with E-state index < -0.39 is 11.7 Å². The van der Waals surface area contributed by atoms with Gasteiger partial charge in [0.25, 0.3) is 0 Å². The Bertz CT molecular complexity index is 920. The monoisotopic (exact) mass is 385 g/mol. The lowest BCUT2D eigenvalue weighted by molar-refractivity contribution is -0.137. The van der Waals surface area contributed by atoms with Crippen LogP contribution in [0.1, 0.15) is 28.2 Å². The van der Waals surface area contributed by atoms with Crippen LogP contribution in [-0.4, -0.2) is 9.97 Å². The predicted molar refractivity (Wildman–Crippen MR) is 96.2 cm³/mol. The van der Waals surface area contributed by atoms with Gasteiger partial charge in [0.1, 0.15) is 16.5 Å². The summed E-state index contributed by atoms with van der Waals surface area (Å²) in [5.74, 6) is 1.33. The third kappa shape index (κ3) is 3.30. The molecule has 0 bridgehead atoms. The minimum Gasteiger partial charge on any atom is -0.340 e. The van der Waals surface area contributed by atoms with E-state index in [1.807, 2.05) is 6.92 Å². The van der Waals surface area contributed by atoms with Crippen molar-refractivity contribution < 1.29 is 13.2 Å². The van der Waals surface area contributed by atoms with Gasteiger partial charge < -0.3 is 5.32 Å². The number of rotatable bonds is 2. The molecule has 2 heterocycles. The highest BCUT2D eigenvalue weighted by Gasteiger charge is 2.30. The molecule has 0 saturated carbocycles. The Morgan fingerprint density at radius 1 is 1.08 bits per heavy atom. The van der Waals surface area contributed by atoms with Crippen LogP contribution < -0.4 is 5.32 Å². The SMILES string of the molecule is Cc1nc(Nc2ccc(C(F)(F)F)cc2)c2c3c(sc2n1)CCC3.Cl. The Hall–Kier alpha value is -1.86. The van der Waals surface area contributed by atoms with Gasteiger partial charge in [-0.2, -0.15) is 13.2 Å². The van der Waals surface area contributed by atoms with E-state index in [-0.39, 0.29) is 12.4 Å². The van der Waals surface area contributed by atoms with Crippen LogP contribution in [0.2, 0.25) is 0 Å². The minimum atomic E-state index is -4.33. The molecule has 0 saturated heterocycles. The van der Waals surface area contributed by atoms with Crippen molar-refractivity contribution in [3.8, 4) is 0 Å². The molecule has 0 radical (unpaired) electrons. The van der Waals surface area contributed by atoms with Crippen LogP contribution in [0.15, 0.2) is 24.3 Å². The number of aromatic nitrogens is 2. The number of benzene rings is 1. The Labute approximate surface area is 152 Å². The number of hydrogen-bond donors (Lipinski definition) is 1. The summed E-state index contributed by atoms with van der Waals surface area (Å²) in [6, 6.07) is 5.01. The Morgan fingerprint density at radius 3 is 2.48 bits per heavy atom. The van der Waals surface area contributed by atoms with E-state index >= 15 is 0 Å². The molecule has 132 valence electrons. The quantitative estimate of drug-likeness (QED) is 0.617. The average molecular weight is 386 g/mol. The number of alkyl halides is 3. The van der Waals surface area contributed by atoms with Crippen molar-refractivity contribution >= 4 is 45.5 Å². The first-order valence-electron chi connectivity index (χ1n) is 7.65. The summed E-state index contributed by atoms with van der Waals surface area (Å²) >= 11 is 1.69. The number of aryl methyl sites for hydroxylation is 3. The molecule has 0 fully saturated rings. The number of nitrogens with zero attached hydrogens (tertiary/aromatic N) is 2. The van der Waals surface area contributed by atoms with E-state index in [9.17, 15) is 13.2 Å². The third-order valence-electron chi connectivity index (χ3n) is 4.15. The first-order chi connectivity index (χ1) is 11.4. The second-order valence-corrected chi connectivity index (χ2v) is 6.94. The second-order valence-electron chi connectivity index (χ2n) is 5.86. The van der Waals surface area contributed by atoms with Crippen molar-refractivity contribution in [1.29, 1.82) is 0 Å². The number of nitrogens with one attached hydrogen (secondary N) is 1. The summed E-state index contributed by atoms with van der Waals surface area (Å²) in [5, 5.41) is 4.18. The zero-order valence-electron chi connectivity index (χ0n) is 13.3. The van der Waals surface area contributed by atoms with Gasteiger partial charge in [-0.15, -0.1) is 23.7 Å². The number of thiophene rings is 1. The van der Waals surface area contributed by atoms with Crippen LogP contribution in [-0.2, 0) is 19.0 Å². The number of anilines is 2. The maximum atomic E-state index is 12.7. The van der Waals surface area contributed by atoms with Gasteiger partial charge in [-0.25, -0.2) is 9.97 Å². The van der Waals surface area contributed by atoms with Crippen LogP contribution in [0.4, 0.5) is 24.7 Å². The lowest BCUT2D eigenvalue weighted by atomic mass is 10.1. The fraction of sp³-hybridized carbons (Fsp3) is 0.294. The van der Waals surface area contributed by atoms with Gasteiger partial charge in [0.15, 0.2) is 0 Å². The van der Waals surface area contributed by atoms with Crippen molar-refractivity contribution in [2.75, 3.05) is 5.32 Å². The molecule has 1 aliphatic carbocycles. The van der Waals surface area contributed by atoms with E-state index in [2.05, 4.69) is 15.3 Å². The number of hydrogen-bond acceptors (Lipinski definition) is 4. The van der Waals surface area contributed by atoms with Crippen molar-refractivity contribution in [3.05, 3.63) is 46.1 Å². The molecule has 0 unspecified atom stereocenters. The van der Waals surface area contributed by atoms with E-state index in [4.69, 9.17) is 0 Å². The van der Waals surface area contributed by atoms with Gasteiger partial charge in [-0.1, -0.05) is 0 Å². The van der Waals surface area contributed by atoms with Crippen LogP contribution >= 0.6 is 23.7 Å². The van der Waals surface area contributed by atoms with Gasteiger partial charge in [0, 0.05) is 10.6 Å². The summed E-state index contributed by atoms with van der Waals surface area (Å²) < 4.78 is 38.0. The van der Waals surface area contributed by atoms with Gasteiger partial charge in [-0.3, -0.25) is 0 Å². The molecule has 4 rings (SSSR count). The first kappa shape index (κ1) is 17.9. The van der Waals surface area contributed by atoms with E-state index in [0.717, 1.165) is 41.6 Å². The van der Waals surface area contributed by atoms with Crippen molar-refractivity contribution in [2.45, 2.75) is 32.4 Å². The molecule has 3 aromatic rings. The summed E-state index contributed by atoms with van der Waals surface area (Å²) in [6.07, 6.45) is -1.13. The summed E-state index contributed by atoms with van der Waals surface area (Å²) in [6.45, 7) is 1.82. The summed E-state index contributed by atoms with van der Waals surface area (Å²) in [5.41, 5.74) is 1.21. The normalized spacial score (nSPS) is 13.6. The van der Waals surface area contributed by atoms with E-state index in [0.29, 0.717) is 17.3 Å². The molecule has 0 atom stereocenters. The molecule has 0 aliphatic heterocycles. The number of halogens is 4. The molecule has 3 nitrogen and oxygen atoms in total. The molecule has 1 N–H and O–H groups in total. The standard InChI is InChI=1S/C17H14F3N3S.ClH/c1-9-21-15(14-12-3-2-4-13(12)24-16(14)22-9)23-11-7-5-10(6-8-11)17(18,19)20;/h5-8H,2-4H2,1H3,(H,21,22,23);1H. The van der Waals surface area contributed by atoms with Gasteiger partial charge in [-0.05, 0) is 56.0 Å². The highest BCUT2D eigenvalue weighted by atomic mass is 35.5. The first-order valence-corrected chi connectivity index (χ1v) is 8.46. The Balaban J connectivity index is 0.00000182. The lowest BCUT2D eigenvalue weighted by Crippen LogP contribution is -2.05. The summed E-state index contributed by atoms with van der Waals surface area (Å²) in [7, 11) is 0. The molecule has 0 spiro atoms. The molecule has 1 aromatic carbocycles. The molecule has 2 aromatic heterocycles. The van der Waals surface area contributed by atoms with Crippen molar-refractivity contribution in [3.63, 3.8) is 0 Å². The van der Waals surface area contributed by atoms with Gasteiger partial charge in [0.05, 0.1) is 10.9 Å². The zero-order valence-corrected chi connectivity index (χ0v) is 14.9. The van der Waals surface area contributed by atoms with Gasteiger partial charge >= 0.3 is 6.18 Å². The molecular weight excluding hydrogens is 371 g/mol. The second kappa shape index (κ2) is 6.46. The minimum absolute atomic E-state index is 0. The number of fused-ring (bicyclic) bond motifs is 3. The fourth-order valence-electron chi connectivity index (χ4n) is 3.07. The van der Waals surface area contributed by atoms with Crippen LogP contribution in [0, 0.1) is 6.92 Å². The Kier molecular flexibility index (Phi) is 4.64. The highest BCUT2D eigenvalue weighted by Crippen LogP contribution is 2.40.